The molecule has 0 saturated carbocycles. The average molecular weight is 470 g/mol. The van der Waals surface area contributed by atoms with Crippen LogP contribution in [-0.2, 0) is 27.9 Å². The van der Waals surface area contributed by atoms with Crippen LogP contribution in [-0.4, -0.2) is 73.6 Å². The van der Waals surface area contributed by atoms with Crippen molar-refractivity contribution in [2.24, 2.45) is 18.9 Å². The van der Waals surface area contributed by atoms with Gasteiger partial charge in [0.05, 0.1) is 18.5 Å². The van der Waals surface area contributed by atoms with Crippen LogP contribution in [0.5, 0.6) is 0 Å². The molecule has 0 unspecified atom stereocenters. The normalized spacial score (nSPS) is 23.1. The molecule has 2 aliphatic rings. The summed E-state index contributed by atoms with van der Waals surface area (Å²) >= 11 is 0. The van der Waals surface area contributed by atoms with Crippen LogP contribution in [0.1, 0.15) is 18.4 Å². The lowest BCUT2D eigenvalue weighted by atomic mass is 9.79. The highest BCUT2D eigenvalue weighted by atomic mass is 19.4. The molecular weight excluding hydrogens is 445 g/mol. The Morgan fingerprint density at radius 2 is 2.03 bits per heavy atom. The van der Waals surface area contributed by atoms with E-state index in [9.17, 15) is 18.0 Å². The molecule has 0 radical (unpaired) electrons. The van der Waals surface area contributed by atoms with Crippen LogP contribution >= 0.6 is 0 Å². The highest BCUT2D eigenvalue weighted by molar-refractivity contribution is 5.91. The van der Waals surface area contributed by atoms with Gasteiger partial charge in [-0.1, -0.05) is 0 Å². The standard InChI is InChI=1S/C18H24N6O2.C2HF3O2/c1-23-10-13(8-21-23)11-24-6-2-16-15(12-24)14(3-7-26-16)18(25)22-17-9-19-4-5-20-17;3-2(4,5)1(6)7/h4-5,8-10,14-16H,2-3,6-7,11-12H2,1H3,(H,20,22,25);(H,6,7)/t14-,15-,16-;/m1./s1. The fourth-order valence-corrected chi connectivity index (χ4v) is 4.05. The Balaban J connectivity index is 0.000000383. The molecule has 2 N–H and O–H groups in total. The summed E-state index contributed by atoms with van der Waals surface area (Å²) in [5, 5.41) is 14.3. The predicted octanol–water partition coefficient (Wildman–Crippen LogP) is 1.71. The van der Waals surface area contributed by atoms with Crippen molar-refractivity contribution < 1.29 is 32.6 Å². The molecule has 2 saturated heterocycles. The summed E-state index contributed by atoms with van der Waals surface area (Å²) in [6.07, 6.45) is 5.48. The maximum Gasteiger partial charge on any atom is 0.490 e. The first-order chi connectivity index (χ1) is 15.6. The first-order valence-corrected chi connectivity index (χ1v) is 10.3. The van der Waals surface area contributed by atoms with Crippen LogP contribution in [0.2, 0.25) is 0 Å². The lowest BCUT2D eigenvalue weighted by Gasteiger charge is -2.44. The number of aromatic nitrogens is 4. The number of amides is 1. The fraction of sp³-hybridized carbons (Fsp3) is 0.550. The van der Waals surface area contributed by atoms with Gasteiger partial charge < -0.3 is 15.2 Å². The van der Waals surface area contributed by atoms with Gasteiger partial charge in [0, 0.05) is 69.3 Å². The molecule has 3 atom stereocenters. The number of nitrogens with one attached hydrogen (secondary N) is 1. The molecule has 4 heterocycles. The van der Waals surface area contributed by atoms with Gasteiger partial charge in [-0.15, -0.1) is 0 Å². The molecule has 0 aromatic carbocycles. The fourth-order valence-electron chi connectivity index (χ4n) is 4.05. The Kier molecular flexibility index (Phi) is 7.97. The lowest BCUT2D eigenvalue weighted by molar-refractivity contribution is -0.192. The number of aryl methyl sites for hydroxylation is 1. The van der Waals surface area contributed by atoms with Crippen LogP contribution in [0, 0.1) is 11.8 Å². The largest absolute Gasteiger partial charge is 0.490 e. The highest BCUT2D eigenvalue weighted by Gasteiger charge is 2.42. The molecule has 2 aromatic rings. The number of carboxylic acids is 1. The number of aliphatic carboxylic acids is 1. The molecule has 33 heavy (non-hydrogen) atoms. The van der Waals surface area contributed by atoms with E-state index in [1.807, 2.05) is 24.1 Å². The number of likely N-dealkylation sites (tertiary alicyclic amines) is 1. The third-order valence-electron chi connectivity index (χ3n) is 5.51. The number of ether oxygens (including phenoxy) is 1. The zero-order valence-electron chi connectivity index (χ0n) is 17.9. The van der Waals surface area contributed by atoms with E-state index in [0.717, 1.165) is 32.5 Å². The van der Waals surface area contributed by atoms with Gasteiger partial charge in [0.15, 0.2) is 5.82 Å². The number of carbonyl (C=O) groups excluding carboxylic acids is 1. The number of anilines is 1. The van der Waals surface area contributed by atoms with E-state index < -0.39 is 12.1 Å². The Morgan fingerprint density at radius 1 is 1.27 bits per heavy atom. The molecule has 4 rings (SSSR count). The second-order valence-corrected chi connectivity index (χ2v) is 7.90. The Morgan fingerprint density at radius 3 is 2.64 bits per heavy atom. The van der Waals surface area contributed by atoms with Gasteiger partial charge in [-0.25, -0.2) is 9.78 Å². The monoisotopic (exact) mass is 470 g/mol. The van der Waals surface area contributed by atoms with E-state index in [1.165, 1.54) is 5.56 Å². The SMILES string of the molecule is Cn1cc(CN2CC[C@H]3OCC[C@@H](C(=O)Nc4cnccn4)[C@H]3C2)cn1.O=C(O)C(F)(F)F. The summed E-state index contributed by atoms with van der Waals surface area (Å²) in [4.78, 5) is 32.3. The van der Waals surface area contributed by atoms with E-state index in [2.05, 4.69) is 25.3 Å². The number of rotatable bonds is 4. The van der Waals surface area contributed by atoms with Gasteiger partial charge >= 0.3 is 12.1 Å². The van der Waals surface area contributed by atoms with E-state index in [0.29, 0.717) is 12.4 Å². The number of halogens is 3. The minimum atomic E-state index is -5.08. The molecule has 180 valence electrons. The minimum Gasteiger partial charge on any atom is -0.475 e. The smallest absolute Gasteiger partial charge is 0.475 e. The van der Waals surface area contributed by atoms with Gasteiger partial charge in [0.1, 0.15) is 0 Å². The Labute approximate surface area is 187 Å². The average Bonchev–Trinajstić information content (AvgIpc) is 3.18. The number of fused-ring (bicyclic) bond motifs is 1. The second-order valence-electron chi connectivity index (χ2n) is 7.90. The second kappa shape index (κ2) is 10.7. The number of alkyl halides is 3. The van der Waals surface area contributed by atoms with Crippen LogP contribution < -0.4 is 5.32 Å². The van der Waals surface area contributed by atoms with Crippen molar-refractivity contribution in [3.63, 3.8) is 0 Å². The van der Waals surface area contributed by atoms with Crippen LogP contribution in [0.25, 0.3) is 0 Å². The quantitative estimate of drug-likeness (QED) is 0.693. The van der Waals surface area contributed by atoms with Crippen molar-refractivity contribution in [1.82, 2.24) is 24.6 Å². The van der Waals surface area contributed by atoms with E-state index in [1.54, 1.807) is 18.6 Å². The summed E-state index contributed by atoms with van der Waals surface area (Å²) < 4.78 is 39.5. The summed E-state index contributed by atoms with van der Waals surface area (Å²) in [5.74, 6) is -2.10. The van der Waals surface area contributed by atoms with Crippen molar-refractivity contribution in [2.75, 3.05) is 25.0 Å². The lowest BCUT2D eigenvalue weighted by Crippen LogP contribution is -2.52. The zero-order chi connectivity index (χ0) is 24.0. The van der Waals surface area contributed by atoms with Gasteiger partial charge in [-0.2, -0.15) is 18.3 Å². The Bertz CT molecular complexity index is 939. The van der Waals surface area contributed by atoms with Crippen molar-refractivity contribution in [3.05, 3.63) is 36.5 Å². The third kappa shape index (κ3) is 6.96. The highest BCUT2D eigenvalue weighted by Crippen LogP contribution is 2.34. The molecule has 0 aliphatic carbocycles. The predicted molar refractivity (Wildman–Crippen MR) is 109 cm³/mol. The van der Waals surface area contributed by atoms with E-state index in [4.69, 9.17) is 14.6 Å². The maximum atomic E-state index is 12.8. The number of hydrogen-bond acceptors (Lipinski definition) is 7. The van der Waals surface area contributed by atoms with Gasteiger partial charge in [-0.3, -0.25) is 19.4 Å². The maximum absolute atomic E-state index is 12.8. The third-order valence-corrected chi connectivity index (χ3v) is 5.51. The van der Waals surface area contributed by atoms with Crippen molar-refractivity contribution in [1.29, 1.82) is 0 Å². The topological polar surface area (TPSA) is 122 Å². The summed E-state index contributed by atoms with van der Waals surface area (Å²) in [5.41, 5.74) is 1.20. The van der Waals surface area contributed by atoms with Crippen LogP contribution in [0.3, 0.4) is 0 Å². The molecular formula is C20H25F3N6O4. The number of piperidine rings is 1. The number of nitrogens with zero attached hydrogens (tertiary/aromatic N) is 5. The minimum absolute atomic E-state index is 0.0204. The summed E-state index contributed by atoms with van der Waals surface area (Å²) in [7, 11) is 1.93. The summed E-state index contributed by atoms with van der Waals surface area (Å²) in [6.45, 7) is 3.34. The molecule has 2 aliphatic heterocycles. The number of carbonyl (C=O) groups is 2. The number of hydrogen-bond donors (Lipinski definition) is 2. The molecule has 0 bridgehead atoms. The van der Waals surface area contributed by atoms with E-state index in [-0.39, 0.29) is 23.8 Å². The molecule has 10 nitrogen and oxygen atoms in total. The molecule has 2 fully saturated rings. The molecule has 0 spiro atoms. The van der Waals surface area contributed by atoms with Crippen molar-refractivity contribution >= 4 is 17.7 Å². The van der Waals surface area contributed by atoms with Gasteiger partial charge in [0.2, 0.25) is 5.91 Å². The van der Waals surface area contributed by atoms with Crippen LogP contribution in [0.15, 0.2) is 31.0 Å². The molecule has 2 aromatic heterocycles. The van der Waals surface area contributed by atoms with Crippen LogP contribution in [0.4, 0.5) is 19.0 Å². The first-order valence-electron chi connectivity index (χ1n) is 10.3. The zero-order valence-corrected chi connectivity index (χ0v) is 17.9. The Hall–Kier alpha value is -3.06. The summed E-state index contributed by atoms with van der Waals surface area (Å²) in [6, 6.07) is 0. The molecule has 1 amide bonds. The first kappa shape index (κ1) is 24.6. The van der Waals surface area contributed by atoms with Crippen molar-refractivity contribution in [2.45, 2.75) is 31.7 Å². The van der Waals surface area contributed by atoms with E-state index >= 15 is 0 Å². The van der Waals surface area contributed by atoms with Gasteiger partial charge in [-0.05, 0) is 12.8 Å². The number of carboxylic acid groups (broad SMARTS) is 1. The van der Waals surface area contributed by atoms with Gasteiger partial charge in [0.25, 0.3) is 0 Å². The molecule has 13 heteroatoms. The van der Waals surface area contributed by atoms with Crippen molar-refractivity contribution in [3.8, 4) is 0 Å².